The molecule has 0 radical (unpaired) electrons. The Hall–Kier alpha value is -3.14. The molecule has 0 aliphatic carbocycles. The summed E-state index contributed by atoms with van der Waals surface area (Å²) in [6.07, 6.45) is 0.619. The number of ether oxygens (including phenoxy) is 1. The fourth-order valence-electron chi connectivity index (χ4n) is 3.91. The molecule has 1 aliphatic rings. The van der Waals surface area contributed by atoms with E-state index in [1.807, 2.05) is 39.8 Å². The highest BCUT2D eigenvalue weighted by atomic mass is 16.5. The molecule has 0 bridgehead atoms. The van der Waals surface area contributed by atoms with Crippen molar-refractivity contribution in [3.05, 3.63) is 29.8 Å². The van der Waals surface area contributed by atoms with Crippen molar-refractivity contribution in [1.82, 2.24) is 26.6 Å². The zero-order valence-electron chi connectivity index (χ0n) is 22.1. The number of amides is 4. The standard InChI is InChI=1S/C26H41N5O5/c1-15(2)11-20-26(35)30-21(12-18-7-9-19(36-6)10-8-18)25(34)28-17(5)24(33)31-22(16(3)4)13-27-14-23(32)29-20/h7-10,15-17,20-22,27H,11-14H2,1-6H3,(H,28,34)(H,29,32)(H,30,35)(H,31,33)/t17-,20+,21+,22-/m1/s1. The van der Waals surface area contributed by atoms with Gasteiger partial charge in [-0.05, 0) is 42.9 Å². The molecule has 4 amide bonds. The van der Waals surface area contributed by atoms with E-state index in [1.54, 1.807) is 26.2 Å². The Kier molecular flexibility index (Phi) is 11.2. The number of benzene rings is 1. The summed E-state index contributed by atoms with van der Waals surface area (Å²) in [4.78, 5) is 51.9. The summed E-state index contributed by atoms with van der Waals surface area (Å²) in [6.45, 7) is 9.84. The first-order valence-electron chi connectivity index (χ1n) is 12.5. The maximum Gasteiger partial charge on any atom is 0.243 e. The van der Waals surface area contributed by atoms with Gasteiger partial charge in [-0.25, -0.2) is 0 Å². The highest BCUT2D eigenvalue weighted by Crippen LogP contribution is 2.14. The van der Waals surface area contributed by atoms with Crippen LogP contribution in [0.3, 0.4) is 0 Å². The predicted octanol–water partition coefficient (Wildman–Crippen LogP) is 0.502. The SMILES string of the molecule is COc1ccc(C[C@@H]2NC(=O)[C@H](CC(C)C)NC(=O)CNC[C@H](C(C)C)NC(=O)[C@@H](C)NC2=O)cc1. The Labute approximate surface area is 213 Å². The van der Waals surface area contributed by atoms with E-state index in [0.717, 1.165) is 5.56 Å². The third-order valence-corrected chi connectivity index (χ3v) is 6.12. The molecule has 10 nitrogen and oxygen atoms in total. The van der Waals surface area contributed by atoms with Crippen LogP contribution >= 0.6 is 0 Å². The van der Waals surface area contributed by atoms with Crippen molar-refractivity contribution in [3.63, 3.8) is 0 Å². The van der Waals surface area contributed by atoms with Gasteiger partial charge >= 0.3 is 0 Å². The molecule has 10 heteroatoms. The van der Waals surface area contributed by atoms with Crippen LogP contribution in [0.1, 0.15) is 46.6 Å². The van der Waals surface area contributed by atoms with Gasteiger partial charge in [0.2, 0.25) is 23.6 Å². The van der Waals surface area contributed by atoms with Crippen molar-refractivity contribution < 1.29 is 23.9 Å². The second-order valence-electron chi connectivity index (χ2n) is 10.1. The minimum atomic E-state index is -0.947. The van der Waals surface area contributed by atoms with Gasteiger partial charge in [-0.1, -0.05) is 39.8 Å². The first kappa shape index (κ1) is 29.1. The van der Waals surface area contributed by atoms with Gasteiger partial charge in [0.1, 0.15) is 23.9 Å². The lowest BCUT2D eigenvalue weighted by Crippen LogP contribution is -2.57. The normalized spacial score (nSPS) is 24.8. The highest BCUT2D eigenvalue weighted by molar-refractivity contribution is 5.94. The van der Waals surface area contributed by atoms with Gasteiger partial charge < -0.3 is 31.3 Å². The van der Waals surface area contributed by atoms with Gasteiger partial charge in [0.15, 0.2) is 0 Å². The lowest BCUT2D eigenvalue weighted by atomic mass is 10.0. The number of hydrogen-bond acceptors (Lipinski definition) is 6. The van der Waals surface area contributed by atoms with Crippen LogP contribution in [0.4, 0.5) is 0 Å². The van der Waals surface area contributed by atoms with Crippen LogP contribution in [0.5, 0.6) is 5.75 Å². The zero-order valence-corrected chi connectivity index (χ0v) is 22.1. The van der Waals surface area contributed by atoms with Crippen LogP contribution in [0.15, 0.2) is 24.3 Å². The lowest BCUT2D eigenvalue weighted by Gasteiger charge is -2.26. The zero-order chi connectivity index (χ0) is 26.8. The summed E-state index contributed by atoms with van der Waals surface area (Å²) in [5, 5.41) is 14.3. The van der Waals surface area contributed by atoms with E-state index in [4.69, 9.17) is 4.74 Å². The van der Waals surface area contributed by atoms with Gasteiger partial charge in [0.05, 0.1) is 13.7 Å². The molecule has 5 N–H and O–H groups in total. The van der Waals surface area contributed by atoms with Crippen molar-refractivity contribution in [2.24, 2.45) is 11.8 Å². The molecular weight excluding hydrogens is 462 g/mol. The van der Waals surface area contributed by atoms with Crippen molar-refractivity contribution in [3.8, 4) is 5.75 Å². The molecule has 200 valence electrons. The smallest absolute Gasteiger partial charge is 0.243 e. The predicted molar refractivity (Wildman–Crippen MR) is 137 cm³/mol. The van der Waals surface area contributed by atoms with Crippen LogP contribution in [0, 0.1) is 11.8 Å². The monoisotopic (exact) mass is 503 g/mol. The number of carbonyl (C=O) groups excluding carboxylic acids is 4. The van der Waals surface area contributed by atoms with Crippen LogP contribution in [0.25, 0.3) is 0 Å². The lowest BCUT2D eigenvalue weighted by molar-refractivity contribution is -0.133. The minimum Gasteiger partial charge on any atom is -0.497 e. The Bertz CT molecular complexity index is 902. The Morgan fingerprint density at radius 1 is 0.861 bits per heavy atom. The van der Waals surface area contributed by atoms with E-state index in [9.17, 15) is 19.2 Å². The summed E-state index contributed by atoms with van der Waals surface area (Å²) >= 11 is 0. The molecule has 2 rings (SSSR count). The van der Waals surface area contributed by atoms with E-state index in [-0.39, 0.29) is 42.7 Å². The maximum atomic E-state index is 13.3. The fourth-order valence-corrected chi connectivity index (χ4v) is 3.91. The van der Waals surface area contributed by atoms with Gasteiger partial charge in [-0.3, -0.25) is 19.2 Å². The molecular formula is C26H41N5O5. The van der Waals surface area contributed by atoms with E-state index in [0.29, 0.717) is 18.7 Å². The van der Waals surface area contributed by atoms with Gasteiger partial charge in [0.25, 0.3) is 0 Å². The van der Waals surface area contributed by atoms with Gasteiger partial charge in [-0.2, -0.15) is 0 Å². The largest absolute Gasteiger partial charge is 0.497 e. The van der Waals surface area contributed by atoms with Crippen molar-refractivity contribution in [1.29, 1.82) is 0 Å². The van der Waals surface area contributed by atoms with Crippen molar-refractivity contribution in [2.45, 2.75) is 71.6 Å². The fraction of sp³-hybridized carbons (Fsp3) is 0.615. The molecule has 0 unspecified atom stereocenters. The average molecular weight is 504 g/mol. The molecule has 0 spiro atoms. The van der Waals surface area contributed by atoms with Crippen LogP contribution in [0.2, 0.25) is 0 Å². The van der Waals surface area contributed by atoms with Crippen molar-refractivity contribution in [2.75, 3.05) is 20.2 Å². The quantitative estimate of drug-likeness (QED) is 0.383. The number of nitrogens with one attached hydrogen (secondary N) is 5. The summed E-state index contributed by atoms with van der Waals surface area (Å²) in [5.74, 6) is -0.685. The van der Waals surface area contributed by atoms with E-state index in [2.05, 4.69) is 26.6 Å². The third-order valence-electron chi connectivity index (χ3n) is 6.12. The van der Waals surface area contributed by atoms with Crippen LogP contribution in [-0.4, -0.2) is 68.0 Å². The van der Waals surface area contributed by atoms with Gasteiger partial charge in [0, 0.05) is 19.0 Å². The summed E-state index contributed by atoms with van der Waals surface area (Å²) in [7, 11) is 1.57. The Morgan fingerprint density at radius 2 is 1.50 bits per heavy atom. The molecule has 36 heavy (non-hydrogen) atoms. The second-order valence-corrected chi connectivity index (χ2v) is 10.1. The molecule has 0 saturated carbocycles. The average Bonchev–Trinajstić information content (AvgIpc) is 2.81. The summed E-state index contributed by atoms with van der Waals surface area (Å²) in [6, 6.07) is 4.38. The second kappa shape index (κ2) is 13.8. The minimum absolute atomic E-state index is 0.00295. The first-order chi connectivity index (χ1) is 17.0. The number of carbonyl (C=O) groups is 4. The molecule has 4 atom stereocenters. The molecule has 1 aromatic carbocycles. The molecule has 1 heterocycles. The molecule has 1 saturated heterocycles. The number of methoxy groups -OCH3 is 1. The molecule has 1 aromatic rings. The van der Waals surface area contributed by atoms with Crippen LogP contribution in [-0.2, 0) is 25.6 Å². The van der Waals surface area contributed by atoms with E-state index in [1.165, 1.54) is 0 Å². The third kappa shape index (κ3) is 9.14. The maximum absolute atomic E-state index is 13.3. The molecule has 1 fully saturated rings. The Balaban J connectivity index is 2.34. The molecule has 0 aromatic heterocycles. The number of rotatable bonds is 6. The molecule has 1 aliphatic heterocycles. The Morgan fingerprint density at radius 3 is 2.08 bits per heavy atom. The summed E-state index contributed by atoms with van der Waals surface area (Å²) in [5.41, 5.74) is 0.805. The highest BCUT2D eigenvalue weighted by Gasteiger charge is 2.30. The van der Waals surface area contributed by atoms with Gasteiger partial charge in [-0.15, -0.1) is 0 Å². The van der Waals surface area contributed by atoms with Crippen LogP contribution < -0.4 is 31.3 Å². The number of hydrogen-bond donors (Lipinski definition) is 5. The summed E-state index contributed by atoms with van der Waals surface area (Å²) < 4.78 is 5.20. The topological polar surface area (TPSA) is 138 Å². The first-order valence-corrected chi connectivity index (χ1v) is 12.5. The van der Waals surface area contributed by atoms with Crippen molar-refractivity contribution >= 4 is 23.6 Å². The van der Waals surface area contributed by atoms with E-state index >= 15 is 0 Å². The van der Waals surface area contributed by atoms with E-state index < -0.39 is 29.9 Å².